The predicted molar refractivity (Wildman–Crippen MR) is 130 cm³/mol. The van der Waals surface area contributed by atoms with Gasteiger partial charge >= 0.3 is 6.18 Å². The van der Waals surface area contributed by atoms with Crippen molar-refractivity contribution in [2.45, 2.75) is 25.9 Å². The number of hydrogen-bond donors (Lipinski definition) is 1. The van der Waals surface area contributed by atoms with Gasteiger partial charge in [-0.15, -0.1) is 0 Å². The molecule has 1 fully saturated rings. The summed E-state index contributed by atoms with van der Waals surface area (Å²) in [5, 5.41) is 2.38. The highest BCUT2D eigenvalue weighted by atomic mass is 19.4. The van der Waals surface area contributed by atoms with Crippen LogP contribution in [-0.4, -0.2) is 26.8 Å². The molecule has 7 nitrogen and oxygen atoms in total. The van der Waals surface area contributed by atoms with Gasteiger partial charge in [0.2, 0.25) is 11.9 Å². The van der Waals surface area contributed by atoms with Gasteiger partial charge in [-0.05, 0) is 42.5 Å². The van der Waals surface area contributed by atoms with E-state index in [4.69, 9.17) is 0 Å². The number of amides is 2. The van der Waals surface area contributed by atoms with E-state index >= 15 is 0 Å². The summed E-state index contributed by atoms with van der Waals surface area (Å²) in [5.74, 6) is -2.79. The van der Waals surface area contributed by atoms with E-state index in [1.165, 1.54) is 29.4 Å². The molecule has 2 atom stereocenters. The first-order chi connectivity index (χ1) is 18.0. The lowest BCUT2D eigenvalue weighted by Gasteiger charge is -2.32. The van der Waals surface area contributed by atoms with Crippen molar-refractivity contribution in [3.05, 3.63) is 102 Å². The molecule has 3 aromatic rings. The first-order valence-corrected chi connectivity index (χ1v) is 11.6. The fourth-order valence-electron chi connectivity index (χ4n) is 4.92. The molecule has 5 rings (SSSR count). The number of alkyl halides is 3. The van der Waals surface area contributed by atoms with Gasteiger partial charge in [-0.2, -0.15) is 13.2 Å². The third-order valence-electron chi connectivity index (χ3n) is 6.72. The van der Waals surface area contributed by atoms with Crippen molar-refractivity contribution in [2.24, 2.45) is 11.3 Å². The third kappa shape index (κ3) is 4.33. The number of nitrogens with zero attached hydrogens (tertiary/aromatic N) is 4. The normalized spacial score (nSPS) is 20.2. The Bertz CT molecular complexity index is 1470. The third-order valence-corrected chi connectivity index (χ3v) is 6.72. The molecule has 1 aliphatic heterocycles. The largest absolute Gasteiger partial charge is 0.418 e. The molecule has 0 saturated carbocycles. The molecule has 1 N–H and O–H groups in total. The Morgan fingerprint density at radius 3 is 2.42 bits per heavy atom. The topological polar surface area (TPSA) is 88.1 Å². The molecule has 0 radical (unpaired) electrons. The maximum absolute atomic E-state index is 13.8. The lowest BCUT2D eigenvalue weighted by molar-refractivity contribution is -0.138. The van der Waals surface area contributed by atoms with Crippen molar-refractivity contribution in [2.75, 3.05) is 10.2 Å². The highest BCUT2D eigenvalue weighted by Gasteiger charge is 2.55. The fraction of sp³-hybridized carbons (Fsp3) is 0.222. The fourth-order valence-corrected chi connectivity index (χ4v) is 4.92. The number of rotatable bonds is 4. The van der Waals surface area contributed by atoms with Crippen molar-refractivity contribution in [3.8, 4) is 0 Å². The number of hydrogen-bond acceptors (Lipinski definition) is 5. The van der Waals surface area contributed by atoms with Crippen LogP contribution in [0, 0.1) is 17.2 Å². The first kappa shape index (κ1) is 25.2. The monoisotopic (exact) mass is 523 g/mol. The van der Waals surface area contributed by atoms with Crippen LogP contribution in [0.5, 0.6) is 0 Å². The Hall–Kier alpha value is -4.41. The summed E-state index contributed by atoms with van der Waals surface area (Å²) in [5.41, 5.74) is -1.93. The number of carbonyl (C=O) groups is 2. The van der Waals surface area contributed by atoms with E-state index in [2.05, 4.69) is 20.3 Å². The van der Waals surface area contributed by atoms with Crippen LogP contribution in [0.15, 0.2) is 78.9 Å². The number of benzene rings is 1. The second-order valence-electron chi connectivity index (χ2n) is 9.50. The number of carbonyl (C=O) groups excluding carboxylic acids is 2. The van der Waals surface area contributed by atoms with E-state index in [1.54, 1.807) is 38.1 Å². The SMILES string of the molecule is CC1(C)C(=O)N(c2ncccn2)C2=CC=CC(c3cc(C(=O)Nc4ccc(F)cc4)c(C(F)(F)F)cn3)C21. The molecule has 1 saturated heterocycles. The van der Waals surface area contributed by atoms with Gasteiger partial charge in [-0.25, -0.2) is 14.4 Å². The average Bonchev–Trinajstić information content (AvgIpc) is 3.10. The number of pyridine rings is 1. The number of fused-ring (bicyclic) bond motifs is 1. The number of nitrogens with one attached hydrogen (secondary N) is 1. The Morgan fingerprint density at radius 1 is 1.08 bits per heavy atom. The summed E-state index contributed by atoms with van der Waals surface area (Å²) in [6, 6.07) is 7.38. The lowest BCUT2D eigenvalue weighted by Crippen LogP contribution is -2.33. The molecular formula is C27H21F4N5O2. The number of halogens is 4. The number of aromatic nitrogens is 3. The van der Waals surface area contributed by atoms with Crippen molar-refractivity contribution in [1.29, 1.82) is 0 Å². The van der Waals surface area contributed by atoms with E-state index in [-0.39, 0.29) is 23.2 Å². The van der Waals surface area contributed by atoms with Gasteiger partial charge in [0.1, 0.15) is 5.82 Å². The van der Waals surface area contributed by atoms with Gasteiger partial charge in [0.05, 0.1) is 16.5 Å². The minimum Gasteiger partial charge on any atom is -0.322 e. The van der Waals surface area contributed by atoms with Gasteiger partial charge in [0, 0.05) is 47.5 Å². The molecule has 2 aliphatic rings. The maximum Gasteiger partial charge on any atom is 0.418 e. The minimum atomic E-state index is -4.85. The zero-order chi connectivity index (χ0) is 27.2. The highest BCUT2D eigenvalue weighted by molar-refractivity contribution is 6.05. The maximum atomic E-state index is 13.8. The van der Waals surface area contributed by atoms with Crippen molar-refractivity contribution < 1.29 is 27.2 Å². The zero-order valence-corrected chi connectivity index (χ0v) is 20.2. The van der Waals surface area contributed by atoms with Crippen molar-refractivity contribution in [1.82, 2.24) is 15.0 Å². The molecule has 2 aromatic heterocycles. The Kier molecular flexibility index (Phi) is 6.09. The Labute approximate surface area is 214 Å². The van der Waals surface area contributed by atoms with Crippen LogP contribution in [0.4, 0.5) is 29.2 Å². The standard InChI is InChI=1S/C27H21F4N5O2/c1-26(2)22-17(5-3-6-21(22)36(24(26)38)25-32-11-4-12-33-25)20-13-18(19(14-34-20)27(29,30)31)23(37)35-16-9-7-15(28)8-10-16/h3-14,17,22H,1-2H3,(H,35,37). The van der Waals surface area contributed by atoms with Gasteiger partial charge < -0.3 is 5.32 Å². The second-order valence-corrected chi connectivity index (χ2v) is 9.50. The molecule has 1 aromatic carbocycles. The van der Waals surface area contributed by atoms with E-state index in [0.29, 0.717) is 11.9 Å². The molecule has 0 spiro atoms. The highest BCUT2D eigenvalue weighted by Crippen LogP contribution is 2.53. The van der Waals surface area contributed by atoms with Gasteiger partial charge in [-0.1, -0.05) is 26.0 Å². The van der Waals surface area contributed by atoms with E-state index in [1.807, 2.05) is 0 Å². The Morgan fingerprint density at radius 2 is 1.76 bits per heavy atom. The van der Waals surface area contributed by atoms with Gasteiger partial charge in [0.25, 0.3) is 5.91 Å². The summed E-state index contributed by atoms with van der Waals surface area (Å²) in [7, 11) is 0. The quantitative estimate of drug-likeness (QED) is 0.456. The van der Waals surface area contributed by atoms with Crippen LogP contribution >= 0.6 is 0 Å². The molecule has 2 amide bonds. The molecule has 0 bridgehead atoms. The van der Waals surface area contributed by atoms with E-state index in [9.17, 15) is 27.2 Å². The summed E-state index contributed by atoms with van der Waals surface area (Å²) in [6.45, 7) is 3.49. The minimum absolute atomic E-state index is 0.131. The summed E-state index contributed by atoms with van der Waals surface area (Å²) >= 11 is 0. The molecule has 38 heavy (non-hydrogen) atoms. The predicted octanol–water partition coefficient (Wildman–Crippen LogP) is 5.51. The van der Waals surface area contributed by atoms with Crippen molar-refractivity contribution in [3.63, 3.8) is 0 Å². The zero-order valence-electron chi connectivity index (χ0n) is 20.2. The lowest BCUT2D eigenvalue weighted by atomic mass is 9.69. The van der Waals surface area contributed by atoms with Crippen LogP contribution in [0.25, 0.3) is 0 Å². The van der Waals surface area contributed by atoms with Gasteiger partial charge in [-0.3, -0.25) is 19.5 Å². The van der Waals surface area contributed by atoms with Crippen LogP contribution in [-0.2, 0) is 11.0 Å². The van der Waals surface area contributed by atoms with E-state index in [0.717, 1.165) is 18.2 Å². The number of anilines is 2. The average molecular weight is 523 g/mol. The molecule has 3 heterocycles. The van der Waals surface area contributed by atoms with E-state index < -0.39 is 46.3 Å². The molecule has 11 heteroatoms. The summed E-state index contributed by atoms with van der Waals surface area (Å²) in [6.07, 6.45) is 3.98. The molecule has 194 valence electrons. The molecule has 1 aliphatic carbocycles. The molecular weight excluding hydrogens is 502 g/mol. The summed E-state index contributed by atoms with van der Waals surface area (Å²) < 4.78 is 54.8. The smallest absolute Gasteiger partial charge is 0.322 e. The van der Waals surface area contributed by atoms with Crippen LogP contribution in [0.3, 0.4) is 0 Å². The summed E-state index contributed by atoms with van der Waals surface area (Å²) in [4.78, 5) is 40.4. The van der Waals surface area contributed by atoms with Crippen LogP contribution < -0.4 is 10.2 Å². The van der Waals surface area contributed by atoms with Crippen LogP contribution in [0.2, 0.25) is 0 Å². The molecule has 2 unspecified atom stereocenters. The second kappa shape index (κ2) is 9.16. The van der Waals surface area contributed by atoms with Crippen molar-refractivity contribution >= 4 is 23.5 Å². The Balaban J connectivity index is 1.55. The van der Waals surface area contributed by atoms with Crippen LogP contribution in [0.1, 0.15) is 41.4 Å². The first-order valence-electron chi connectivity index (χ1n) is 11.6. The van der Waals surface area contributed by atoms with Gasteiger partial charge in [0.15, 0.2) is 0 Å². The number of allylic oxidation sites excluding steroid dienone is 4.